The van der Waals surface area contributed by atoms with Crippen LogP contribution in [0.2, 0.25) is 0 Å². The quantitative estimate of drug-likeness (QED) is 0.310. The molecule has 0 saturated heterocycles. The van der Waals surface area contributed by atoms with Crippen molar-refractivity contribution in [2.24, 2.45) is 0 Å². The van der Waals surface area contributed by atoms with Crippen LogP contribution in [0.1, 0.15) is 24.0 Å². The van der Waals surface area contributed by atoms with Crippen LogP contribution >= 0.6 is 35.3 Å². The highest BCUT2D eigenvalue weighted by Gasteiger charge is 2.17. The Bertz CT molecular complexity index is 1020. The molecule has 3 rings (SSSR count). The average molecular weight is 432 g/mol. The van der Waals surface area contributed by atoms with E-state index in [0.29, 0.717) is 22.9 Å². The van der Waals surface area contributed by atoms with Crippen LogP contribution in [0.3, 0.4) is 0 Å². The summed E-state index contributed by atoms with van der Waals surface area (Å²) in [5, 5.41) is 12.2. The Morgan fingerprint density at radius 3 is 2.93 bits per heavy atom. The lowest BCUT2D eigenvalue weighted by molar-refractivity contribution is -0.115. The molecule has 9 heteroatoms. The second-order valence-electron chi connectivity index (χ2n) is 6.23. The fourth-order valence-electron chi connectivity index (χ4n) is 2.49. The van der Waals surface area contributed by atoms with Crippen LogP contribution in [-0.4, -0.2) is 30.9 Å². The number of thiazole rings is 1. The Labute approximate surface area is 177 Å². The number of carbonyl (C=O) groups excluding carboxylic acids is 1. The summed E-state index contributed by atoms with van der Waals surface area (Å²) in [4.78, 5) is 18.1. The van der Waals surface area contributed by atoms with Gasteiger partial charge in [0, 0.05) is 16.8 Å². The third-order valence-corrected chi connectivity index (χ3v) is 6.20. The molecule has 0 aliphatic rings. The van der Waals surface area contributed by atoms with Gasteiger partial charge in [0.25, 0.3) is 0 Å². The van der Waals surface area contributed by atoms with Crippen molar-refractivity contribution in [1.29, 1.82) is 0 Å². The Hall–Kier alpha value is -2.23. The maximum atomic E-state index is 12.5. The summed E-state index contributed by atoms with van der Waals surface area (Å²) in [7, 11) is 0. The number of aryl methyl sites for hydroxylation is 1. The number of benzene rings is 1. The van der Waals surface area contributed by atoms with Crippen molar-refractivity contribution in [1.82, 2.24) is 19.7 Å². The summed E-state index contributed by atoms with van der Waals surface area (Å²) in [6, 6.07) is 8.14. The van der Waals surface area contributed by atoms with Gasteiger partial charge in [0.1, 0.15) is 5.82 Å². The van der Waals surface area contributed by atoms with E-state index in [2.05, 4.69) is 27.1 Å². The molecule has 0 radical (unpaired) electrons. The minimum Gasteiger partial charge on any atom is -0.301 e. The summed E-state index contributed by atoms with van der Waals surface area (Å²) in [6.07, 6.45) is 2.30. The van der Waals surface area contributed by atoms with Crippen molar-refractivity contribution in [2.75, 3.05) is 5.32 Å². The minimum absolute atomic E-state index is 0.0687. The number of hydrogen-bond donors (Lipinski definition) is 2. The number of aromatic nitrogens is 4. The van der Waals surface area contributed by atoms with Crippen molar-refractivity contribution in [3.63, 3.8) is 0 Å². The van der Waals surface area contributed by atoms with E-state index < -0.39 is 0 Å². The van der Waals surface area contributed by atoms with Gasteiger partial charge in [-0.1, -0.05) is 23.8 Å². The molecular weight excluding hydrogens is 410 g/mol. The maximum absolute atomic E-state index is 12.5. The van der Waals surface area contributed by atoms with Gasteiger partial charge in [0.2, 0.25) is 5.91 Å². The molecule has 2 heterocycles. The average Bonchev–Trinajstić information content (AvgIpc) is 3.25. The van der Waals surface area contributed by atoms with Crippen molar-refractivity contribution in [3.05, 3.63) is 64.2 Å². The number of hydrogen-bond acceptors (Lipinski definition) is 6. The summed E-state index contributed by atoms with van der Waals surface area (Å²) >= 11 is 8.15. The van der Waals surface area contributed by atoms with E-state index in [4.69, 9.17) is 12.2 Å². The molecule has 2 N–H and O–H groups in total. The number of anilines is 1. The molecule has 1 unspecified atom stereocenters. The third kappa shape index (κ3) is 5.18. The van der Waals surface area contributed by atoms with Crippen LogP contribution in [0.25, 0.3) is 0 Å². The highest BCUT2D eigenvalue weighted by atomic mass is 32.2. The van der Waals surface area contributed by atoms with Gasteiger partial charge in [0.05, 0.1) is 17.4 Å². The molecule has 1 amide bonds. The van der Waals surface area contributed by atoms with Crippen LogP contribution in [0.5, 0.6) is 0 Å². The van der Waals surface area contributed by atoms with Crippen LogP contribution in [0.15, 0.2) is 47.2 Å². The molecule has 1 aromatic carbocycles. The number of nitrogens with zero attached hydrogens (tertiary/aromatic N) is 3. The highest BCUT2D eigenvalue weighted by molar-refractivity contribution is 8.00. The summed E-state index contributed by atoms with van der Waals surface area (Å²) < 4.78 is 2.43. The molecule has 0 spiro atoms. The minimum atomic E-state index is -0.223. The first-order chi connectivity index (χ1) is 13.5. The Kier molecular flexibility index (Phi) is 6.82. The first-order valence-electron chi connectivity index (χ1n) is 8.70. The normalized spacial score (nSPS) is 11.9. The predicted octanol–water partition coefficient (Wildman–Crippen LogP) is 4.60. The Balaban J connectivity index is 1.60. The second-order valence-corrected chi connectivity index (χ2v) is 8.89. The molecule has 0 saturated carbocycles. The van der Waals surface area contributed by atoms with E-state index in [1.54, 1.807) is 6.08 Å². The van der Waals surface area contributed by atoms with Crippen molar-refractivity contribution < 1.29 is 4.79 Å². The summed E-state index contributed by atoms with van der Waals surface area (Å²) in [5.74, 6) is 0.720. The van der Waals surface area contributed by atoms with Gasteiger partial charge < -0.3 is 5.32 Å². The maximum Gasteiger partial charge on any atom is 0.239 e. The summed E-state index contributed by atoms with van der Waals surface area (Å²) in [6.45, 7) is 8.26. The van der Waals surface area contributed by atoms with Crippen molar-refractivity contribution in [2.45, 2.75) is 37.0 Å². The topological polar surface area (TPSA) is 75.6 Å². The van der Waals surface area contributed by atoms with Crippen LogP contribution < -0.4 is 5.32 Å². The summed E-state index contributed by atoms with van der Waals surface area (Å²) in [5.41, 5.74) is 2.03. The number of nitrogens with one attached hydrogen (secondary N) is 2. The first kappa shape index (κ1) is 20.5. The number of thioether (sulfide) groups is 1. The van der Waals surface area contributed by atoms with E-state index in [1.807, 2.05) is 48.1 Å². The number of amides is 1. The number of rotatable bonds is 8. The van der Waals surface area contributed by atoms with E-state index in [0.717, 1.165) is 16.4 Å². The van der Waals surface area contributed by atoms with Crippen LogP contribution in [-0.2, 0) is 17.8 Å². The smallest absolute Gasteiger partial charge is 0.239 e. The van der Waals surface area contributed by atoms with Gasteiger partial charge in [-0.05, 0) is 38.2 Å². The molecule has 0 aliphatic carbocycles. The molecule has 0 aliphatic heterocycles. The zero-order chi connectivity index (χ0) is 20.1. The molecule has 146 valence electrons. The van der Waals surface area contributed by atoms with Crippen molar-refractivity contribution >= 4 is 46.4 Å². The molecule has 2 aromatic heterocycles. The van der Waals surface area contributed by atoms with Gasteiger partial charge >= 0.3 is 0 Å². The van der Waals surface area contributed by atoms with Gasteiger partial charge in [-0.3, -0.25) is 14.5 Å². The predicted molar refractivity (Wildman–Crippen MR) is 118 cm³/mol. The van der Waals surface area contributed by atoms with Gasteiger partial charge in [-0.15, -0.1) is 29.7 Å². The van der Waals surface area contributed by atoms with Crippen molar-refractivity contribution in [3.8, 4) is 0 Å². The third-order valence-electron chi connectivity index (χ3n) is 3.97. The molecule has 3 aromatic rings. The fraction of sp³-hybridized carbons (Fsp3) is 0.263. The van der Waals surface area contributed by atoms with E-state index >= 15 is 0 Å². The Morgan fingerprint density at radius 2 is 2.21 bits per heavy atom. The standard InChI is InChI=1S/C19H21N5OS3/c1-4-9-24-16(22-23-19(24)26)10-14-11-27-18(20-14)21-17(25)13(3)28-15-7-5-12(2)6-8-15/h4-8,11,13H,1,9-10H2,2-3H3,(H,23,26)(H,20,21,25). The van der Waals surface area contributed by atoms with Crippen LogP contribution in [0, 0.1) is 11.7 Å². The van der Waals surface area contributed by atoms with Gasteiger partial charge in [0.15, 0.2) is 9.90 Å². The monoisotopic (exact) mass is 431 g/mol. The molecular formula is C19H21N5OS3. The second kappa shape index (κ2) is 9.31. The SMILES string of the molecule is C=CCn1c(Cc2csc(NC(=O)C(C)Sc3ccc(C)cc3)n2)n[nH]c1=S. The fourth-order valence-corrected chi connectivity index (χ4v) is 4.30. The molecule has 6 nitrogen and oxygen atoms in total. The number of allylic oxidation sites excluding steroid dienone is 1. The van der Waals surface area contributed by atoms with Crippen LogP contribution in [0.4, 0.5) is 5.13 Å². The molecule has 0 fully saturated rings. The molecule has 1 atom stereocenters. The largest absolute Gasteiger partial charge is 0.301 e. The molecule has 0 bridgehead atoms. The van der Waals surface area contributed by atoms with Gasteiger partial charge in [-0.2, -0.15) is 5.10 Å². The zero-order valence-corrected chi connectivity index (χ0v) is 18.1. The Morgan fingerprint density at radius 1 is 1.46 bits per heavy atom. The lowest BCUT2D eigenvalue weighted by atomic mass is 10.2. The lowest BCUT2D eigenvalue weighted by Crippen LogP contribution is -2.22. The number of H-pyrrole nitrogens is 1. The van der Waals surface area contributed by atoms with E-state index in [-0.39, 0.29) is 11.2 Å². The molecule has 28 heavy (non-hydrogen) atoms. The number of aromatic amines is 1. The first-order valence-corrected chi connectivity index (χ1v) is 10.9. The number of carbonyl (C=O) groups is 1. The van der Waals surface area contributed by atoms with E-state index in [1.165, 1.54) is 28.7 Å². The van der Waals surface area contributed by atoms with Gasteiger partial charge in [-0.25, -0.2) is 4.98 Å². The highest BCUT2D eigenvalue weighted by Crippen LogP contribution is 2.25. The van der Waals surface area contributed by atoms with E-state index in [9.17, 15) is 4.79 Å². The lowest BCUT2D eigenvalue weighted by Gasteiger charge is -2.10. The zero-order valence-electron chi connectivity index (χ0n) is 15.6.